The molecule has 1 N–H and O–H groups in total. The second-order valence-electron chi connectivity index (χ2n) is 5.66. The van der Waals surface area contributed by atoms with Gasteiger partial charge in [0.05, 0.1) is 23.2 Å². The Hall–Kier alpha value is -3.39. The molecule has 2 aromatic carbocycles. The van der Waals surface area contributed by atoms with E-state index in [0.717, 1.165) is 17.8 Å². The lowest BCUT2D eigenvalue weighted by molar-refractivity contribution is -0.135. The van der Waals surface area contributed by atoms with Gasteiger partial charge in [0.2, 0.25) is 0 Å². The van der Waals surface area contributed by atoms with Crippen molar-refractivity contribution >= 4 is 40.2 Å². The number of thioether (sulfide) groups is 1. The number of rotatable bonds is 2. The number of hydrogen-bond acceptors (Lipinski definition) is 6. The summed E-state index contributed by atoms with van der Waals surface area (Å²) in [7, 11) is 1.25. The first-order chi connectivity index (χ1) is 13.1. The molecule has 134 valence electrons. The molecule has 1 aliphatic rings. The molecular weight excluding hydrogens is 364 g/mol. The molecule has 3 aromatic rings. The van der Waals surface area contributed by atoms with Gasteiger partial charge < -0.3 is 4.74 Å². The second kappa shape index (κ2) is 6.73. The third kappa shape index (κ3) is 2.89. The first-order valence-corrected chi connectivity index (χ1v) is 8.85. The Morgan fingerprint density at radius 3 is 2.59 bits per heavy atom. The molecule has 4 rings (SSSR count). The van der Waals surface area contributed by atoms with Gasteiger partial charge >= 0.3 is 5.97 Å². The highest BCUT2D eigenvalue weighted by Crippen LogP contribution is 2.34. The Morgan fingerprint density at radius 2 is 1.85 bits per heavy atom. The molecule has 1 amide bonds. The van der Waals surface area contributed by atoms with Gasteiger partial charge in [-0.2, -0.15) is 0 Å². The van der Waals surface area contributed by atoms with Crippen LogP contribution in [0.5, 0.6) is 0 Å². The van der Waals surface area contributed by atoms with Crippen molar-refractivity contribution in [1.29, 1.82) is 5.41 Å². The summed E-state index contributed by atoms with van der Waals surface area (Å²) in [5.41, 5.74) is 1.34. The maximum absolute atomic E-state index is 13.1. The van der Waals surface area contributed by atoms with Gasteiger partial charge in [0.15, 0.2) is 10.6 Å². The second-order valence-corrected chi connectivity index (χ2v) is 6.67. The Kier molecular flexibility index (Phi) is 4.25. The first-order valence-electron chi connectivity index (χ1n) is 8.04. The standard InChI is InChI=1S/C19H14N4O3S/c1-26-16(24)11-15-18(25)22(12-7-3-2-4-8-12)23-17(20)13-9-5-6-10-14(13)21-19(23)27-15/h2-11,20H,1H3/b15-11-,20-17?. The van der Waals surface area contributed by atoms with Gasteiger partial charge in [0, 0.05) is 11.5 Å². The minimum absolute atomic E-state index is 0.137. The van der Waals surface area contributed by atoms with Crippen molar-refractivity contribution in [2.75, 3.05) is 12.1 Å². The summed E-state index contributed by atoms with van der Waals surface area (Å²) in [6.45, 7) is 0. The van der Waals surface area contributed by atoms with Crippen LogP contribution in [0.25, 0.3) is 10.9 Å². The fourth-order valence-corrected chi connectivity index (χ4v) is 3.71. The molecule has 2 heterocycles. The highest BCUT2D eigenvalue weighted by Gasteiger charge is 2.32. The summed E-state index contributed by atoms with van der Waals surface area (Å²) in [6.07, 6.45) is 1.15. The fraction of sp³-hybridized carbons (Fsp3) is 0.0526. The summed E-state index contributed by atoms with van der Waals surface area (Å²) in [5, 5.41) is 11.0. The van der Waals surface area contributed by atoms with Crippen LogP contribution in [0.3, 0.4) is 0 Å². The number of nitrogens with zero attached hydrogens (tertiary/aromatic N) is 3. The number of para-hydroxylation sites is 2. The van der Waals surface area contributed by atoms with Crippen molar-refractivity contribution in [1.82, 2.24) is 9.66 Å². The summed E-state index contributed by atoms with van der Waals surface area (Å²) in [6, 6.07) is 16.2. The van der Waals surface area contributed by atoms with E-state index in [1.165, 1.54) is 16.8 Å². The number of hydrogen-bond donors (Lipinski definition) is 1. The number of esters is 1. The topological polar surface area (TPSA) is 88.3 Å². The van der Waals surface area contributed by atoms with E-state index in [2.05, 4.69) is 9.72 Å². The largest absolute Gasteiger partial charge is 0.466 e. The summed E-state index contributed by atoms with van der Waals surface area (Å²) in [4.78, 5) is 29.6. The molecule has 0 saturated heterocycles. The molecular formula is C19H14N4O3S. The van der Waals surface area contributed by atoms with Crippen LogP contribution in [0.15, 0.2) is 70.7 Å². The van der Waals surface area contributed by atoms with Crippen molar-refractivity contribution in [3.05, 3.63) is 71.1 Å². The van der Waals surface area contributed by atoms with Gasteiger partial charge in [-0.3, -0.25) is 10.2 Å². The number of amides is 1. The Morgan fingerprint density at radius 1 is 1.15 bits per heavy atom. The van der Waals surface area contributed by atoms with Crippen molar-refractivity contribution in [3.63, 3.8) is 0 Å². The van der Waals surface area contributed by atoms with E-state index in [1.807, 2.05) is 24.3 Å². The predicted octanol–water partition coefficient (Wildman–Crippen LogP) is 2.47. The zero-order chi connectivity index (χ0) is 19.0. The van der Waals surface area contributed by atoms with Crippen LogP contribution in [0.4, 0.5) is 5.69 Å². The van der Waals surface area contributed by atoms with Gasteiger partial charge in [0.25, 0.3) is 5.91 Å². The maximum atomic E-state index is 13.1. The Bertz CT molecular complexity index is 1150. The molecule has 0 atom stereocenters. The Labute approximate surface area is 158 Å². The molecule has 0 spiro atoms. The lowest BCUT2D eigenvalue weighted by Crippen LogP contribution is -2.47. The number of ether oxygens (including phenoxy) is 1. The summed E-state index contributed by atoms with van der Waals surface area (Å²) >= 11 is 1.04. The highest BCUT2D eigenvalue weighted by molar-refractivity contribution is 8.04. The molecule has 0 fully saturated rings. The molecule has 0 unspecified atom stereocenters. The van der Waals surface area contributed by atoms with Crippen molar-refractivity contribution in [2.24, 2.45) is 0 Å². The highest BCUT2D eigenvalue weighted by atomic mass is 32.2. The molecule has 7 nitrogen and oxygen atoms in total. The monoisotopic (exact) mass is 378 g/mol. The molecule has 0 aliphatic carbocycles. The fourth-order valence-electron chi connectivity index (χ4n) is 2.78. The van der Waals surface area contributed by atoms with Crippen molar-refractivity contribution < 1.29 is 14.3 Å². The SMILES string of the molecule is COC(=O)/C=C1\Sc2nc3ccccc3c(=N)n2N(c2ccccc2)C1=O. The third-order valence-electron chi connectivity index (χ3n) is 4.02. The van der Waals surface area contributed by atoms with E-state index >= 15 is 0 Å². The van der Waals surface area contributed by atoms with Crippen LogP contribution < -0.4 is 10.5 Å². The van der Waals surface area contributed by atoms with E-state index in [1.54, 1.807) is 30.3 Å². The lowest BCUT2D eigenvalue weighted by Gasteiger charge is -2.31. The van der Waals surface area contributed by atoms with E-state index in [4.69, 9.17) is 5.41 Å². The molecule has 1 aromatic heterocycles. The molecule has 0 radical (unpaired) electrons. The lowest BCUT2D eigenvalue weighted by atomic mass is 10.2. The first kappa shape index (κ1) is 17.0. The van der Waals surface area contributed by atoms with Crippen LogP contribution >= 0.6 is 11.8 Å². The summed E-state index contributed by atoms with van der Waals surface area (Å²) < 4.78 is 6.12. The predicted molar refractivity (Wildman–Crippen MR) is 101 cm³/mol. The maximum Gasteiger partial charge on any atom is 0.331 e. The quantitative estimate of drug-likeness (QED) is 0.420. The minimum atomic E-state index is -0.626. The number of methoxy groups -OCH3 is 1. The minimum Gasteiger partial charge on any atom is -0.466 e. The van der Waals surface area contributed by atoms with E-state index in [0.29, 0.717) is 21.7 Å². The molecule has 8 heteroatoms. The van der Waals surface area contributed by atoms with Crippen LogP contribution in [0, 0.1) is 5.41 Å². The van der Waals surface area contributed by atoms with E-state index < -0.39 is 11.9 Å². The van der Waals surface area contributed by atoms with Gasteiger partial charge in [-0.25, -0.2) is 19.5 Å². The normalized spacial score (nSPS) is 15.1. The third-order valence-corrected chi connectivity index (χ3v) is 4.98. The number of nitrogens with one attached hydrogen (secondary N) is 1. The molecule has 27 heavy (non-hydrogen) atoms. The van der Waals surface area contributed by atoms with Gasteiger partial charge in [-0.1, -0.05) is 30.3 Å². The van der Waals surface area contributed by atoms with Gasteiger partial charge in [-0.15, -0.1) is 0 Å². The molecule has 0 bridgehead atoms. The van der Waals surface area contributed by atoms with E-state index in [-0.39, 0.29) is 10.4 Å². The van der Waals surface area contributed by atoms with Crippen molar-refractivity contribution in [2.45, 2.75) is 5.16 Å². The van der Waals surface area contributed by atoms with E-state index in [9.17, 15) is 9.59 Å². The number of fused-ring (bicyclic) bond motifs is 2. The zero-order valence-electron chi connectivity index (χ0n) is 14.2. The molecule has 0 saturated carbocycles. The van der Waals surface area contributed by atoms with Crippen LogP contribution in [0.1, 0.15) is 0 Å². The number of benzene rings is 2. The van der Waals surface area contributed by atoms with Gasteiger partial charge in [0.1, 0.15) is 0 Å². The van der Waals surface area contributed by atoms with Crippen LogP contribution in [0.2, 0.25) is 0 Å². The Balaban J connectivity index is 2.01. The average molecular weight is 378 g/mol. The number of anilines is 1. The summed E-state index contributed by atoms with van der Waals surface area (Å²) in [5.74, 6) is -1.06. The number of carbonyl (C=O) groups excluding carboxylic acids is 2. The zero-order valence-corrected chi connectivity index (χ0v) is 15.1. The van der Waals surface area contributed by atoms with Gasteiger partial charge in [-0.05, 0) is 36.0 Å². The van der Waals surface area contributed by atoms with Crippen LogP contribution in [-0.4, -0.2) is 28.6 Å². The average Bonchev–Trinajstić information content (AvgIpc) is 2.70. The number of aromatic nitrogens is 2. The number of carbonyl (C=O) groups is 2. The smallest absolute Gasteiger partial charge is 0.331 e. The molecule has 1 aliphatic heterocycles. The van der Waals surface area contributed by atoms with Crippen molar-refractivity contribution in [3.8, 4) is 0 Å². The van der Waals surface area contributed by atoms with Crippen LogP contribution in [-0.2, 0) is 14.3 Å².